The first-order valence-electron chi connectivity index (χ1n) is 14.7. The highest BCUT2D eigenvalue weighted by atomic mass is 16.3. The molecule has 0 bridgehead atoms. The number of hydrogen-bond acceptors (Lipinski definition) is 3. The molecule has 0 radical (unpaired) electrons. The van der Waals surface area contributed by atoms with E-state index < -0.39 is 0 Å². The van der Waals surface area contributed by atoms with Gasteiger partial charge >= 0.3 is 0 Å². The Balaban J connectivity index is 1.27. The normalized spacial score (nSPS) is 11.7. The van der Waals surface area contributed by atoms with Crippen LogP contribution in [0.5, 0.6) is 0 Å². The van der Waals surface area contributed by atoms with E-state index >= 15 is 0 Å². The molecule has 0 aliphatic rings. The number of furan rings is 1. The predicted molar refractivity (Wildman–Crippen MR) is 180 cm³/mol. The van der Waals surface area contributed by atoms with Crippen LogP contribution in [0.15, 0.2) is 114 Å². The van der Waals surface area contributed by atoms with Crippen molar-refractivity contribution in [3.63, 3.8) is 0 Å². The Hall–Kier alpha value is -5.28. The fourth-order valence-electron chi connectivity index (χ4n) is 6.61. The highest BCUT2D eigenvalue weighted by Crippen LogP contribution is 2.40. The summed E-state index contributed by atoms with van der Waals surface area (Å²) in [5, 5.41) is 5.66. The van der Waals surface area contributed by atoms with E-state index in [0.717, 1.165) is 60.7 Å². The van der Waals surface area contributed by atoms with Crippen LogP contribution in [0.3, 0.4) is 0 Å². The highest BCUT2D eigenvalue weighted by molar-refractivity contribution is 6.17. The van der Waals surface area contributed by atoms with Gasteiger partial charge in [-0.2, -0.15) is 0 Å². The number of pyridine rings is 2. The first-order chi connectivity index (χ1) is 21.0. The summed E-state index contributed by atoms with van der Waals surface area (Å²) in [5.74, 6) is 0. The quantitative estimate of drug-likeness (QED) is 0.218. The minimum Gasteiger partial charge on any atom is -0.455 e. The van der Waals surface area contributed by atoms with Gasteiger partial charge in [0.1, 0.15) is 11.2 Å². The number of aryl methyl sites for hydroxylation is 4. The van der Waals surface area contributed by atoms with Crippen molar-refractivity contribution in [1.29, 1.82) is 0 Å². The summed E-state index contributed by atoms with van der Waals surface area (Å²) in [4.78, 5) is 10.0. The second-order valence-electron chi connectivity index (χ2n) is 11.7. The fraction of sp³-hybridized carbons (Fsp3) is 0.100. The molecule has 206 valence electrons. The molecule has 43 heavy (non-hydrogen) atoms. The number of fused-ring (bicyclic) bond motifs is 6. The molecule has 0 aliphatic carbocycles. The van der Waals surface area contributed by atoms with Crippen LogP contribution in [0.4, 0.5) is 0 Å². The lowest BCUT2D eigenvalue weighted by Gasteiger charge is -2.14. The van der Waals surface area contributed by atoms with Gasteiger partial charge in [-0.3, -0.25) is 4.98 Å². The number of hydrogen-bond donors (Lipinski definition) is 0. The van der Waals surface area contributed by atoms with Crippen LogP contribution < -0.4 is 0 Å². The zero-order chi connectivity index (χ0) is 29.2. The minimum absolute atomic E-state index is 0.870. The number of rotatable bonds is 3. The molecule has 8 aromatic rings. The SMILES string of the molecule is Cc1cnc(-c2cccc3c2oc2c4ccccc4ccc32)cc1-c1cc2ccc(-c3c(C)cccc3C)nc2cc1C. The van der Waals surface area contributed by atoms with Gasteiger partial charge in [0.15, 0.2) is 0 Å². The maximum Gasteiger partial charge on any atom is 0.144 e. The standard InChI is InChI=1S/C40H30N2O/c1-23-9-7-10-24(2)38(23)35-18-16-28-20-33(25(3)19-36(28)42-35)34-21-37(41-22-26(34)4)32-14-8-13-30-31-17-15-27-11-5-6-12-29(27)39(31)43-40(30)32/h5-22H,1-4H3. The molecular weight excluding hydrogens is 524 g/mol. The Morgan fingerprint density at radius 3 is 2.07 bits per heavy atom. The molecule has 5 aromatic carbocycles. The lowest BCUT2D eigenvalue weighted by Crippen LogP contribution is -1.95. The highest BCUT2D eigenvalue weighted by Gasteiger charge is 2.17. The summed E-state index contributed by atoms with van der Waals surface area (Å²) in [6.07, 6.45) is 1.98. The maximum absolute atomic E-state index is 6.62. The molecule has 0 aliphatic heterocycles. The zero-order valence-electron chi connectivity index (χ0n) is 24.7. The monoisotopic (exact) mass is 554 g/mol. The average molecular weight is 555 g/mol. The lowest BCUT2D eigenvalue weighted by atomic mass is 9.93. The molecule has 0 unspecified atom stereocenters. The van der Waals surface area contributed by atoms with E-state index in [-0.39, 0.29) is 0 Å². The van der Waals surface area contributed by atoms with Gasteiger partial charge in [-0.15, -0.1) is 0 Å². The molecule has 3 heteroatoms. The second-order valence-corrected chi connectivity index (χ2v) is 11.7. The third-order valence-electron chi connectivity index (χ3n) is 8.83. The van der Waals surface area contributed by atoms with Gasteiger partial charge in [0, 0.05) is 38.9 Å². The third kappa shape index (κ3) is 4.04. The van der Waals surface area contributed by atoms with Crippen molar-refractivity contribution in [3.05, 3.63) is 132 Å². The molecule has 0 N–H and O–H groups in total. The van der Waals surface area contributed by atoms with Crippen molar-refractivity contribution in [2.45, 2.75) is 27.7 Å². The number of benzene rings is 5. The molecular formula is C40H30N2O. The summed E-state index contributed by atoms with van der Waals surface area (Å²) < 4.78 is 6.62. The number of para-hydroxylation sites is 1. The summed E-state index contributed by atoms with van der Waals surface area (Å²) >= 11 is 0. The minimum atomic E-state index is 0.870. The molecule has 0 saturated carbocycles. The van der Waals surface area contributed by atoms with Crippen molar-refractivity contribution >= 4 is 43.6 Å². The van der Waals surface area contributed by atoms with Crippen LogP contribution in [0, 0.1) is 27.7 Å². The smallest absolute Gasteiger partial charge is 0.144 e. The van der Waals surface area contributed by atoms with E-state index in [1.54, 1.807) is 0 Å². The summed E-state index contributed by atoms with van der Waals surface area (Å²) in [6.45, 7) is 8.61. The molecule has 3 heterocycles. The van der Waals surface area contributed by atoms with Gasteiger partial charge in [-0.1, -0.05) is 66.7 Å². The lowest BCUT2D eigenvalue weighted by molar-refractivity contribution is 0.673. The largest absolute Gasteiger partial charge is 0.455 e. The molecule has 0 spiro atoms. The fourth-order valence-corrected chi connectivity index (χ4v) is 6.61. The van der Waals surface area contributed by atoms with Crippen molar-refractivity contribution in [1.82, 2.24) is 9.97 Å². The number of nitrogens with zero attached hydrogens (tertiary/aromatic N) is 2. The van der Waals surface area contributed by atoms with Crippen LogP contribution in [-0.4, -0.2) is 9.97 Å². The van der Waals surface area contributed by atoms with E-state index in [0.29, 0.717) is 0 Å². The molecule has 3 nitrogen and oxygen atoms in total. The third-order valence-corrected chi connectivity index (χ3v) is 8.83. The van der Waals surface area contributed by atoms with Crippen LogP contribution >= 0.6 is 0 Å². The van der Waals surface area contributed by atoms with Gasteiger partial charge < -0.3 is 4.42 Å². The van der Waals surface area contributed by atoms with Crippen molar-refractivity contribution in [2.75, 3.05) is 0 Å². The average Bonchev–Trinajstić information content (AvgIpc) is 3.41. The Morgan fingerprint density at radius 2 is 1.21 bits per heavy atom. The van der Waals surface area contributed by atoms with Crippen LogP contribution in [-0.2, 0) is 0 Å². The van der Waals surface area contributed by atoms with Gasteiger partial charge in [0.2, 0.25) is 0 Å². The van der Waals surface area contributed by atoms with Crippen molar-refractivity contribution < 1.29 is 4.42 Å². The summed E-state index contributed by atoms with van der Waals surface area (Å²) in [6, 6.07) is 36.5. The van der Waals surface area contributed by atoms with Gasteiger partial charge in [0.25, 0.3) is 0 Å². The molecule has 0 saturated heterocycles. The Bertz CT molecular complexity index is 2380. The maximum atomic E-state index is 6.62. The van der Waals surface area contributed by atoms with E-state index in [9.17, 15) is 0 Å². The van der Waals surface area contributed by atoms with Gasteiger partial charge in [-0.05, 0) is 103 Å². The van der Waals surface area contributed by atoms with Crippen molar-refractivity contribution in [2.24, 2.45) is 0 Å². The topological polar surface area (TPSA) is 38.9 Å². The molecule has 8 rings (SSSR count). The summed E-state index contributed by atoms with van der Waals surface area (Å²) in [7, 11) is 0. The van der Waals surface area contributed by atoms with Crippen LogP contribution in [0.25, 0.3) is 77.3 Å². The molecule has 0 fully saturated rings. The first-order valence-corrected chi connectivity index (χ1v) is 14.7. The Kier molecular flexibility index (Phi) is 5.70. The Morgan fingerprint density at radius 1 is 0.488 bits per heavy atom. The van der Waals surface area contributed by atoms with Gasteiger partial charge in [0.05, 0.1) is 16.9 Å². The summed E-state index contributed by atoms with van der Waals surface area (Å²) in [5.41, 5.74) is 14.1. The van der Waals surface area contributed by atoms with E-state index in [1.165, 1.54) is 38.8 Å². The first kappa shape index (κ1) is 25.4. The second kappa shape index (κ2) is 9.64. The molecule has 0 amide bonds. The predicted octanol–water partition coefficient (Wildman–Crippen LogP) is 10.9. The van der Waals surface area contributed by atoms with Crippen molar-refractivity contribution in [3.8, 4) is 33.6 Å². The molecule has 0 atom stereocenters. The van der Waals surface area contributed by atoms with Gasteiger partial charge in [-0.25, -0.2) is 4.98 Å². The van der Waals surface area contributed by atoms with E-state index in [2.05, 4.69) is 131 Å². The van der Waals surface area contributed by atoms with Crippen LogP contribution in [0.2, 0.25) is 0 Å². The molecule has 3 aromatic heterocycles. The Labute approximate surface area is 250 Å². The zero-order valence-corrected chi connectivity index (χ0v) is 24.7. The van der Waals surface area contributed by atoms with Crippen LogP contribution in [0.1, 0.15) is 22.3 Å². The number of aromatic nitrogens is 2. The van der Waals surface area contributed by atoms with E-state index in [4.69, 9.17) is 14.4 Å². The van der Waals surface area contributed by atoms with E-state index in [1.807, 2.05) is 6.20 Å².